The molecule has 0 radical (unpaired) electrons. The molecule has 0 unspecified atom stereocenters. The predicted molar refractivity (Wildman–Crippen MR) is 64.4 cm³/mol. The van der Waals surface area contributed by atoms with E-state index in [1.165, 1.54) is 6.07 Å². The number of hydrogen-bond donors (Lipinski definition) is 1. The smallest absolute Gasteiger partial charge is 0.167 e. The first-order valence-electron chi connectivity index (χ1n) is 5.35. The van der Waals surface area contributed by atoms with Crippen LogP contribution in [0.25, 0.3) is 0 Å². The van der Waals surface area contributed by atoms with Crippen LogP contribution in [0.1, 0.15) is 0 Å². The fourth-order valence-electron chi connectivity index (χ4n) is 1.21. The summed E-state index contributed by atoms with van der Waals surface area (Å²) in [5.74, 6) is -1.41. The number of benzene rings is 1. The molecule has 0 aliphatic heterocycles. The Hall–Kier alpha value is -1.21. The quantitative estimate of drug-likeness (QED) is 0.756. The molecule has 0 atom stereocenters. The fraction of sp³-hybridized carbons (Fsp3) is 0.455. The average molecular weight is 279 g/mol. The largest absolute Gasteiger partial charge is 0.489 e. The van der Waals surface area contributed by atoms with Gasteiger partial charge in [0.15, 0.2) is 11.6 Å². The summed E-state index contributed by atoms with van der Waals surface area (Å²) in [7, 11) is -2.98. The Morgan fingerprint density at radius 3 is 2.61 bits per heavy atom. The van der Waals surface area contributed by atoms with E-state index in [1.807, 2.05) is 0 Å². The lowest BCUT2D eigenvalue weighted by atomic mass is 10.3. The highest BCUT2D eigenvalue weighted by Crippen LogP contribution is 2.17. The summed E-state index contributed by atoms with van der Waals surface area (Å²) in [5, 5.41) is 2.84. The summed E-state index contributed by atoms with van der Waals surface area (Å²) in [4.78, 5) is 0. The average Bonchev–Trinajstić information content (AvgIpc) is 2.24. The summed E-state index contributed by atoms with van der Waals surface area (Å²) >= 11 is 0. The molecule has 1 aromatic rings. The summed E-state index contributed by atoms with van der Waals surface area (Å²) in [6.07, 6.45) is 1.15. The van der Waals surface area contributed by atoms with Crippen LogP contribution in [0, 0.1) is 11.6 Å². The van der Waals surface area contributed by atoms with Crippen molar-refractivity contribution in [2.75, 3.05) is 31.7 Å². The third-order valence-corrected chi connectivity index (χ3v) is 3.03. The summed E-state index contributed by atoms with van der Waals surface area (Å²) in [6, 6.07) is 3.06. The highest BCUT2D eigenvalue weighted by Gasteiger charge is 2.04. The van der Waals surface area contributed by atoms with Crippen molar-refractivity contribution in [3.63, 3.8) is 0 Å². The standard InChI is InChI=1S/C11H15F2NO3S/c1-18(15,16)7-5-14-4-6-17-11-3-2-9(12)8-10(11)13/h2-3,8,14H,4-7H2,1H3. The molecule has 18 heavy (non-hydrogen) atoms. The lowest BCUT2D eigenvalue weighted by Crippen LogP contribution is -2.26. The van der Waals surface area contributed by atoms with Gasteiger partial charge >= 0.3 is 0 Å². The van der Waals surface area contributed by atoms with Gasteiger partial charge in [0.25, 0.3) is 0 Å². The van der Waals surface area contributed by atoms with Gasteiger partial charge in [0.05, 0.1) is 5.75 Å². The highest BCUT2D eigenvalue weighted by atomic mass is 32.2. The summed E-state index contributed by atoms with van der Waals surface area (Å²) < 4.78 is 52.4. The molecular formula is C11H15F2NO3S. The van der Waals surface area contributed by atoms with Crippen molar-refractivity contribution in [3.8, 4) is 5.75 Å². The van der Waals surface area contributed by atoms with Crippen molar-refractivity contribution in [2.45, 2.75) is 0 Å². The van der Waals surface area contributed by atoms with Gasteiger partial charge in [-0.05, 0) is 12.1 Å². The van der Waals surface area contributed by atoms with E-state index in [4.69, 9.17) is 4.74 Å². The van der Waals surface area contributed by atoms with Crippen molar-refractivity contribution in [1.82, 2.24) is 5.32 Å². The minimum atomic E-state index is -2.98. The van der Waals surface area contributed by atoms with Gasteiger partial charge in [0, 0.05) is 25.4 Å². The predicted octanol–water partition coefficient (Wildman–Crippen LogP) is 0.978. The maximum atomic E-state index is 13.1. The van der Waals surface area contributed by atoms with Gasteiger partial charge in [-0.1, -0.05) is 0 Å². The Labute approximate surface area is 105 Å². The molecule has 0 heterocycles. The van der Waals surface area contributed by atoms with E-state index in [0.29, 0.717) is 13.1 Å². The van der Waals surface area contributed by atoms with Crippen molar-refractivity contribution in [2.24, 2.45) is 0 Å². The summed E-state index contributed by atoms with van der Waals surface area (Å²) in [5.41, 5.74) is 0. The van der Waals surface area contributed by atoms with Gasteiger partial charge in [-0.2, -0.15) is 0 Å². The minimum Gasteiger partial charge on any atom is -0.489 e. The Balaban J connectivity index is 2.22. The van der Waals surface area contributed by atoms with E-state index in [9.17, 15) is 17.2 Å². The Bertz CT molecular complexity index is 491. The SMILES string of the molecule is CS(=O)(=O)CCNCCOc1ccc(F)cc1F. The third-order valence-electron chi connectivity index (χ3n) is 2.08. The Morgan fingerprint density at radius 1 is 1.28 bits per heavy atom. The monoisotopic (exact) mass is 279 g/mol. The molecule has 0 saturated carbocycles. The third kappa shape index (κ3) is 5.92. The maximum absolute atomic E-state index is 13.1. The molecule has 7 heteroatoms. The van der Waals surface area contributed by atoms with Crippen molar-refractivity contribution in [1.29, 1.82) is 0 Å². The molecule has 1 N–H and O–H groups in total. The molecule has 4 nitrogen and oxygen atoms in total. The zero-order chi connectivity index (χ0) is 13.6. The van der Waals surface area contributed by atoms with Gasteiger partial charge in [0.2, 0.25) is 0 Å². The molecule has 0 aliphatic carbocycles. The molecular weight excluding hydrogens is 264 g/mol. The van der Waals surface area contributed by atoms with Crippen LogP contribution in [-0.4, -0.2) is 40.1 Å². The Kier molecular flexibility index (Phi) is 5.49. The van der Waals surface area contributed by atoms with E-state index >= 15 is 0 Å². The molecule has 0 aromatic heterocycles. The topological polar surface area (TPSA) is 55.4 Å². The summed E-state index contributed by atoms with van der Waals surface area (Å²) in [6.45, 7) is 0.868. The second-order valence-corrected chi connectivity index (χ2v) is 6.06. The first-order chi connectivity index (χ1) is 8.38. The first kappa shape index (κ1) is 14.8. The van der Waals surface area contributed by atoms with Gasteiger partial charge in [-0.15, -0.1) is 0 Å². The number of halogens is 2. The molecule has 0 spiro atoms. The fourth-order valence-corrected chi connectivity index (χ4v) is 1.72. The molecule has 0 amide bonds. The second kappa shape index (κ2) is 6.65. The Morgan fingerprint density at radius 2 is 2.00 bits per heavy atom. The molecule has 0 fully saturated rings. The first-order valence-corrected chi connectivity index (χ1v) is 7.41. The van der Waals surface area contributed by atoms with E-state index in [1.54, 1.807) is 0 Å². The number of ether oxygens (including phenoxy) is 1. The molecule has 0 saturated heterocycles. The van der Waals surface area contributed by atoms with Gasteiger partial charge in [0.1, 0.15) is 22.3 Å². The molecule has 1 rings (SSSR count). The van der Waals surface area contributed by atoms with Crippen LogP contribution in [0.5, 0.6) is 5.75 Å². The van der Waals surface area contributed by atoms with Crippen LogP contribution in [0.3, 0.4) is 0 Å². The number of hydrogen-bond acceptors (Lipinski definition) is 4. The number of nitrogens with one attached hydrogen (secondary N) is 1. The molecule has 0 bridgehead atoms. The minimum absolute atomic E-state index is 0.0266. The van der Waals surface area contributed by atoms with Crippen LogP contribution >= 0.6 is 0 Å². The van der Waals surface area contributed by atoms with E-state index in [2.05, 4.69) is 5.32 Å². The number of sulfone groups is 1. The van der Waals surface area contributed by atoms with Crippen LogP contribution in [0.15, 0.2) is 18.2 Å². The van der Waals surface area contributed by atoms with Gasteiger partial charge < -0.3 is 10.1 Å². The molecule has 102 valence electrons. The highest BCUT2D eigenvalue weighted by molar-refractivity contribution is 7.90. The van der Waals surface area contributed by atoms with Crippen LogP contribution in [-0.2, 0) is 9.84 Å². The lowest BCUT2D eigenvalue weighted by Gasteiger charge is -2.08. The number of rotatable bonds is 7. The van der Waals surface area contributed by atoms with Gasteiger partial charge in [-0.25, -0.2) is 17.2 Å². The normalized spacial score (nSPS) is 11.5. The van der Waals surface area contributed by atoms with Crippen LogP contribution < -0.4 is 10.1 Å². The van der Waals surface area contributed by atoms with E-state index in [-0.39, 0.29) is 18.1 Å². The van der Waals surface area contributed by atoms with Crippen molar-refractivity contribution in [3.05, 3.63) is 29.8 Å². The zero-order valence-corrected chi connectivity index (χ0v) is 10.8. The van der Waals surface area contributed by atoms with Crippen LogP contribution in [0.2, 0.25) is 0 Å². The lowest BCUT2D eigenvalue weighted by molar-refractivity contribution is 0.299. The maximum Gasteiger partial charge on any atom is 0.167 e. The van der Waals surface area contributed by atoms with Crippen LogP contribution in [0.4, 0.5) is 8.78 Å². The second-order valence-electron chi connectivity index (χ2n) is 3.80. The van der Waals surface area contributed by atoms with E-state index < -0.39 is 21.5 Å². The van der Waals surface area contributed by atoms with E-state index in [0.717, 1.165) is 18.4 Å². The zero-order valence-electron chi connectivity index (χ0n) is 9.95. The molecule has 0 aliphatic rings. The van der Waals surface area contributed by atoms with Crippen molar-refractivity contribution >= 4 is 9.84 Å². The van der Waals surface area contributed by atoms with Gasteiger partial charge in [-0.3, -0.25) is 0 Å². The molecule has 1 aromatic carbocycles. The van der Waals surface area contributed by atoms with Crippen molar-refractivity contribution < 1.29 is 21.9 Å².